The fourth-order valence-corrected chi connectivity index (χ4v) is 3.67. The Labute approximate surface area is 151 Å². The Morgan fingerprint density at radius 3 is 2.96 bits per heavy atom. The summed E-state index contributed by atoms with van der Waals surface area (Å²) in [7, 11) is 0. The number of aliphatic hydroxyl groups excluding tert-OH is 1. The molecule has 3 aromatic rings. The minimum atomic E-state index is -0.541. The molecule has 2 heterocycles. The first-order valence-electron chi connectivity index (χ1n) is 8.75. The summed E-state index contributed by atoms with van der Waals surface area (Å²) in [5, 5.41) is 24.3. The van der Waals surface area contributed by atoms with Gasteiger partial charge in [0.1, 0.15) is 0 Å². The molecule has 2 aromatic heterocycles. The van der Waals surface area contributed by atoms with Gasteiger partial charge in [0, 0.05) is 36.3 Å². The standard InChI is InChI=1S/C19H21N5O2/c25-18-9-13(12-24-7-3-6-22-24)8-17(18)23-19(26)16-5-2-1-4-15(16)14-10-20-21-11-14/h1-7,10-11,13,17-18,25H,8-9,12H2,(H,20,21)(H,23,26)/t13?,17-,18-/m1/s1. The molecule has 1 unspecified atom stereocenters. The molecule has 0 aliphatic heterocycles. The van der Waals surface area contributed by atoms with Crippen LogP contribution in [0.1, 0.15) is 23.2 Å². The van der Waals surface area contributed by atoms with E-state index < -0.39 is 6.10 Å². The molecule has 134 valence electrons. The summed E-state index contributed by atoms with van der Waals surface area (Å²) in [4.78, 5) is 12.8. The zero-order valence-corrected chi connectivity index (χ0v) is 14.2. The van der Waals surface area contributed by atoms with Crippen LogP contribution in [-0.4, -0.2) is 43.1 Å². The zero-order valence-electron chi connectivity index (χ0n) is 14.2. The lowest BCUT2D eigenvalue weighted by Crippen LogP contribution is -2.40. The number of hydrogen-bond donors (Lipinski definition) is 3. The van der Waals surface area contributed by atoms with Gasteiger partial charge in [0.25, 0.3) is 5.91 Å². The highest BCUT2D eigenvalue weighted by Crippen LogP contribution is 2.28. The van der Waals surface area contributed by atoms with Crippen LogP contribution in [0.25, 0.3) is 11.1 Å². The van der Waals surface area contributed by atoms with E-state index in [-0.39, 0.29) is 11.9 Å². The largest absolute Gasteiger partial charge is 0.391 e. The Balaban J connectivity index is 1.45. The van der Waals surface area contributed by atoms with Crippen LogP contribution in [0.2, 0.25) is 0 Å². The number of aromatic nitrogens is 4. The van der Waals surface area contributed by atoms with Crippen LogP contribution in [-0.2, 0) is 6.54 Å². The molecule has 0 radical (unpaired) electrons. The van der Waals surface area contributed by atoms with Gasteiger partial charge in [-0.15, -0.1) is 0 Å². The Bertz CT molecular complexity index is 860. The molecule has 1 aliphatic rings. The van der Waals surface area contributed by atoms with Crippen molar-refractivity contribution in [2.24, 2.45) is 5.92 Å². The fraction of sp³-hybridized carbons (Fsp3) is 0.316. The van der Waals surface area contributed by atoms with Gasteiger partial charge >= 0.3 is 0 Å². The molecule has 0 bridgehead atoms. The summed E-state index contributed by atoms with van der Waals surface area (Å²) in [5.74, 6) is 0.116. The summed E-state index contributed by atoms with van der Waals surface area (Å²) in [6, 6.07) is 9.05. The van der Waals surface area contributed by atoms with Gasteiger partial charge in [-0.3, -0.25) is 14.6 Å². The van der Waals surface area contributed by atoms with Crippen molar-refractivity contribution in [3.63, 3.8) is 0 Å². The quantitative estimate of drug-likeness (QED) is 0.653. The Kier molecular flexibility index (Phi) is 4.53. The van der Waals surface area contributed by atoms with Gasteiger partial charge in [0.15, 0.2) is 0 Å². The van der Waals surface area contributed by atoms with Gasteiger partial charge in [-0.25, -0.2) is 0 Å². The molecule has 1 fully saturated rings. The summed E-state index contributed by atoms with van der Waals surface area (Å²) >= 11 is 0. The molecule has 1 amide bonds. The van der Waals surface area contributed by atoms with Gasteiger partial charge in [0.2, 0.25) is 0 Å². The third-order valence-corrected chi connectivity index (χ3v) is 4.93. The van der Waals surface area contributed by atoms with Gasteiger partial charge in [-0.1, -0.05) is 18.2 Å². The number of hydrogen-bond acceptors (Lipinski definition) is 4. The van der Waals surface area contributed by atoms with Crippen LogP contribution in [0.5, 0.6) is 0 Å². The van der Waals surface area contributed by atoms with Crippen LogP contribution in [0.15, 0.2) is 55.1 Å². The van der Waals surface area contributed by atoms with Crippen LogP contribution in [0.3, 0.4) is 0 Å². The topological polar surface area (TPSA) is 95.8 Å². The highest BCUT2D eigenvalue weighted by molar-refractivity contribution is 6.00. The number of carbonyl (C=O) groups excluding carboxylic acids is 1. The lowest BCUT2D eigenvalue weighted by molar-refractivity contribution is 0.0873. The molecular weight excluding hydrogens is 330 g/mol. The van der Waals surface area contributed by atoms with E-state index >= 15 is 0 Å². The second kappa shape index (κ2) is 7.13. The van der Waals surface area contributed by atoms with Crippen molar-refractivity contribution in [2.45, 2.75) is 31.5 Å². The van der Waals surface area contributed by atoms with Crippen molar-refractivity contribution >= 4 is 5.91 Å². The van der Waals surface area contributed by atoms with Gasteiger partial charge in [-0.05, 0) is 36.5 Å². The maximum absolute atomic E-state index is 12.8. The summed E-state index contributed by atoms with van der Waals surface area (Å²) in [6.07, 6.45) is 7.97. The maximum Gasteiger partial charge on any atom is 0.252 e. The van der Waals surface area contributed by atoms with E-state index in [9.17, 15) is 9.90 Å². The monoisotopic (exact) mass is 351 g/mol. The first-order valence-corrected chi connectivity index (χ1v) is 8.75. The number of H-pyrrole nitrogens is 1. The van der Waals surface area contributed by atoms with Crippen LogP contribution in [0, 0.1) is 5.92 Å². The average molecular weight is 351 g/mol. The molecule has 3 atom stereocenters. The molecular formula is C19H21N5O2. The second-order valence-electron chi connectivity index (χ2n) is 6.75. The third-order valence-electron chi connectivity index (χ3n) is 4.93. The Hall–Kier alpha value is -2.93. The zero-order chi connectivity index (χ0) is 17.9. The molecule has 0 spiro atoms. The minimum absolute atomic E-state index is 0.175. The predicted molar refractivity (Wildman–Crippen MR) is 96.2 cm³/mol. The van der Waals surface area contributed by atoms with Gasteiger partial charge in [-0.2, -0.15) is 10.2 Å². The van der Waals surface area contributed by atoms with E-state index in [4.69, 9.17) is 0 Å². The number of benzene rings is 1. The van der Waals surface area contributed by atoms with Crippen molar-refractivity contribution in [1.29, 1.82) is 0 Å². The minimum Gasteiger partial charge on any atom is -0.391 e. The average Bonchev–Trinajstić information content (AvgIpc) is 3.39. The molecule has 7 heteroatoms. The molecule has 26 heavy (non-hydrogen) atoms. The van der Waals surface area contributed by atoms with Crippen molar-refractivity contribution in [3.8, 4) is 11.1 Å². The molecule has 4 rings (SSSR count). The summed E-state index contributed by atoms with van der Waals surface area (Å²) in [6.45, 7) is 0.752. The van der Waals surface area contributed by atoms with E-state index in [0.717, 1.165) is 24.1 Å². The lowest BCUT2D eigenvalue weighted by atomic mass is 10.0. The van der Waals surface area contributed by atoms with Crippen molar-refractivity contribution in [1.82, 2.24) is 25.3 Å². The summed E-state index contributed by atoms with van der Waals surface area (Å²) in [5.41, 5.74) is 2.26. The van der Waals surface area contributed by atoms with E-state index in [1.165, 1.54) is 0 Å². The van der Waals surface area contributed by atoms with Crippen molar-refractivity contribution in [3.05, 3.63) is 60.7 Å². The third kappa shape index (κ3) is 3.39. The molecule has 3 N–H and O–H groups in total. The molecule has 1 aromatic carbocycles. The second-order valence-corrected chi connectivity index (χ2v) is 6.75. The van der Waals surface area contributed by atoms with Gasteiger partial charge in [0.05, 0.1) is 18.3 Å². The Morgan fingerprint density at radius 1 is 1.31 bits per heavy atom. The van der Waals surface area contributed by atoms with E-state index in [1.54, 1.807) is 24.7 Å². The molecule has 0 saturated heterocycles. The number of rotatable bonds is 5. The first kappa shape index (κ1) is 16.5. The summed E-state index contributed by atoms with van der Waals surface area (Å²) < 4.78 is 1.87. The first-order chi connectivity index (χ1) is 12.7. The number of amides is 1. The van der Waals surface area contributed by atoms with Gasteiger partial charge < -0.3 is 10.4 Å². The molecule has 1 aliphatic carbocycles. The fourth-order valence-electron chi connectivity index (χ4n) is 3.67. The number of aliphatic hydroxyl groups is 1. The predicted octanol–water partition coefficient (Wildman–Crippen LogP) is 1.84. The number of aromatic amines is 1. The van der Waals surface area contributed by atoms with Crippen LogP contribution in [0.4, 0.5) is 0 Å². The number of nitrogens with zero attached hydrogens (tertiary/aromatic N) is 3. The van der Waals surface area contributed by atoms with Crippen molar-refractivity contribution < 1.29 is 9.90 Å². The number of carbonyl (C=O) groups is 1. The van der Waals surface area contributed by atoms with Crippen molar-refractivity contribution in [2.75, 3.05) is 0 Å². The normalized spacial score (nSPS) is 22.4. The lowest BCUT2D eigenvalue weighted by Gasteiger charge is -2.17. The highest BCUT2D eigenvalue weighted by Gasteiger charge is 2.34. The SMILES string of the molecule is O=C(N[C@@H]1CC(Cn2cccn2)C[C@H]1O)c1ccccc1-c1cn[nH]c1. The smallest absolute Gasteiger partial charge is 0.252 e. The maximum atomic E-state index is 12.8. The molecule has 7 nitrogen and oxygen atoms in total. The number of nitrogens with one attached hydrogen (secondary N) is 2. The Morgan fingerprint density at radius 2 is 2.19 bits per heavy atom. The van der Waals surface area contributed by atoms with E-state index in [0.29, 0.717) is 17.9 Å². The highest BCUT2D eigenvalue weighted by atomic mass is 16.3. The van der Waals surface area contributed by atoms with E-state index in [2.05, 4.69) is 20.6 Å². The molecule has 1 saturated carbocycles. The van der Waals surface area contributed by atoms with Crippen LogP contribution >= 0.6 is 0 Å². The van der Waals surface area contributed by atoms with E-state index in [1.807, 2.05) is 35.1 Å². The van der Waals surface area contributed by atoms with Crippen LogP contribution < -0.4 is 5.32 Å².